The monoisotopic (exact) mass is 322 g/mol. The molecule has 130 valence electrons. The van der Waals surface area contributed by atoms with Crippen molar-refractivity contribution in [3.05, 3.63) is 11.6 Å². The third kappa shape index (κ3) is 2.05. The molecule has 4 aliphatic carbocycles. The summed E-state index contributed by atoms with van der Waals surface area (Å²) in [6.07, 6.45) is 4.85. The molecule has 3 saturated carbocycles. The minimum absolute atomic E-state index is 0.0585. The van der Waals surface area contributed by atoms with Crippen LogP contribution in [-0.4, -0.2) is 44.8 Å². The molecule has 0 heterocycles. The second kappa shape index (κ2) is 5.04. The number of aliphatic hydroxyl groups excluding tert-OH is 4. The second-order valence-electron chi connectivity index (χ2n) is 9.08. The predicted molar refractivity (Wildman–Crippen MR) is 86.5 cm³/mol. The number of aliphatic hydroxyl groups is 4. The second-order valence-corrected chi connectivity index (χ2v) is 9.08. The van der Waals surface area contributed by atoms with Gasteiger partial charge in [-0.1, -0.05) is 25.5 Å². The molecule has 0 aromatic heterocycles. The molecule has 0 unspecified atom stereocenters. The van der Waals surface area contributed by atoms with Crippen LogP contribution < -0.4 is 0 Å². The van der Waals surface area contributed by atoms with Crippen LogP contribution in [-0.2, 0) is 0 Å². The molecule has 3 fully saturated rings. The van der Waals surface area contributed by atoms with Gasteiger partial charge in [0.05, 0.1) is 24.4 Å². The standard InChI is InChI=1S/C19H30O4/c1-18-5-3-11(20)7-10(18)8-14(21)16-12(18)4-6-19(2)13(16)9-15(22)17(19)23/h8,11-17,20-23H,3-7,9H2,1-2H3/t11-,12-,13-,14-,15-,16+,17-,18-,19-/m0/s1. The van der Waals surface area contributed by atoms with E-state index in [4.69, 9.17) is 0 Å². The fourth-order valence-electron chi connectivity index (χ4n) is 6.62. The summed E-state index contributed by atoms with van der Waals surface area (Å²) in [5.41, 5.74) is 1.01. The third-order valence-corrected chi connectivity index (χ3v) is 8.08. The van der Waals surface area contributed by atoms with Crippen LogP contribution in [0.1, 0.15) is 52.4 Å². The van der Waals surface area contributed by atoms with Gasteiger partial charge in [0.1, 0.15) is 0 Å². The molecule has 23 heavy (non-hydrogen) atoms. The zero-order valence-electron chi connectivity index (χ0n) is 14.2. The first-order chi connectivity index (χ1) is 10.8. The van der Waals surface area contributed by atoms with E-state index in [1.165, 1.54) is 5.57 Å². The van der Waals surface area contributed by atoms with Crippen molar-refractivity contribution in [3.63, 3.8) is 0 Å². The summed E-state index contributed by atoms with van der Waals surface area (Å²) in [6.45, 7) is 4.40. The normalized spacial score (nSPS) is 58.9. The van der Waals surface area contributed by atoms with E-state index in [0.717, 1.165) is 25.7 Å². The first kappa shape index (κ1) is 16.1. The maximum Gasteiger partial charge on any atom is 0.0855 e. The van der Waals surface area contributed by atoms with Crippen LogP contribution >= 0.6 is 0 Å². The van der Waals surface area contributed by atoms with Gasteiger partial charge < -0.3 is 20.4 Å². The zero-order chi connectivity index (χ0) is 16.6. The highest BCUT2D eigenvalue weighted by molar-refractivity contribution is 5.28. The first-order valence-electron chi connectivity index (χ1n) is 9.21. The van der Waals surface area contributed by atoms with Crippen molar-refractivity contribution in [3.8, 4) is 0 Å². The fraction of sp³-hybridized carbons (Fsp3) is 0.895. The maximum absolute atomic E-state index is 10.9. The molecule has 4 heteroatoms. The number of rotatable bonds is 0. The molecule has 0 saturated heterocycles. The van der Waals surface area contributed by atoms with Gasteiger partial charge >= 0.3 is 0 Å². The smallest absolute Gasteiger partial charge is 0.0855 e. The van der Waals surface area contributed by atoms with Gasteiger partial charge in [0.2, 0.25) is 0 Å². The average molecular weight is 322 g/mol. The van der Waals surface area contributed by atoms with Crippen molar-refractivity contribution in [2.75, 3.05) is 0 Å². The summed E-state index contributed by atoms with van der Waals surface area (Å²) >= 11 is 0. The molecule has 9 atom stereocenters. The molecule has 4 nitrogen and oxygen atoms in total. The van der Waals surface area contributed by atoms with Crippen LogP contribution in [0.15, 0.2) is 11.6 Å². The van der Waals surface area contributed by atoms with Gasteiger partial charge in [0.25, 0.3) is 0 Å². The molecular formula is C19H30O4. The molecule has 0 aromatic carbocycles. The van der Waals surface area contributed by atoms with E-state index in [1.54, 1.807) is 0 Å². The summed E-state index contributed by atoms with van der Waals surface area (Å²) in [6, 6.07) is 0. The Balaban J connectivity index is 1.73. The highest BCUT2D eigenvalue weighted by atomic mass is 16.3. The van der Waals surface area contributed by atoms with Crippen molar-refractivity contribution >= 4 is 0 Å². The molecule has 0 spiro atoms. The van der Waals surface area contributed by atoms with E-state index in [2.05, 4.69) is 13.8 Å². The van der Waals surface area contributed by atoms with Crippen LogP contribution in [0.2, 0.25) is 0 Å². The quantitative estimate of drug-likeness (QED) is 0.511. The van der Waals surface area contributed by atoms with Crippen LogP contribution in [0.4, 0.5) is 0 Å². The van der Waals surface area contributed by atoms with Gasteiger partial charge in [-0.25, -0.2) is 0 Å². The van der Waals surface area contributed by atoms with Gasteiger partial charge in [0, 0.05) is 0 Å². The molecule has 0 aromatic rings. The van der Waals surface area contributed by atoms with Crippen molar-refractivity contribution in [1.29, 1.82) is 0 Å². The van der Waals surface area contributed by atoms with E-state index >= 15 is 0 Å². The molecule has 0 amide bonds. The van der Waals surface area contributed by atoms with E-state index in [9.17, 15) is 20.4 Å². The fourth-order valence-corrected chi connectivity index (χ4v) is 6.62. The summed E-state index contributed by atoms with van der Waals surface area (Å²) < 4.78 is 0. The SMILES string of the molecule is C[C@]12CC[C@H]3[C@@H]([C@@H](O)C=C4C[C@@H](O)CC[C@@]43C)[C@@H]1C[C@H](O)[C@@H]2O. The van der Waals surface area contributed by atoms with Gasteiger partial charge in [-0.15, -0.1) is 0 Å². The van der Waals surface area contributed by atoms with Gasteiger partial charge in [0.15, 0.2) is 0 Å². The van der Waals surface area contributed by atoms with Crippen molar-refractivity contribution in [2.24, 2.45) is 28.6 Å². The average Bonchev–Trinajstić information content (AvgIpc) is 2.73. The van der Waals surface area contributed by atoms with Crippen molar-refractivity contribution in [2.45, 2.75) is 76.8 Å². The first-order valence-corrected chi connectivity index (χ1v) is 9.21. The highest BCUT2D eigenvalue weighted by Gasteiger charge is 2.62. The lowest BCUT2D eigenvalue weighted by atomic mass is 9.47. The molecule has 0 bridgehead atoms. The molecule has 4 rings (SSSR count). The van der Waals surface area contributed by atoms with Gasteiger partial charge in [-0.2, -0.15) is 0 Å². The summed E-state index contributed by atoms with van der Waals surface area (Å²) in [5.74, 6) is 0.674. The minimum Gasteiger partial charge on any atom is -0.393 e. The maximum atomic E-state index is 10.9. The lowest BCUT2D eigenvalue weighted by Gasteiger charge is -2.58. The molecule has 4 aliphatic rings. The molecule has 0 radical (unpaired) electrons. The minimum atomic E-state index is -0.674. The predicted octanol–water partition coefficient (Wildman–Crippen LogP) is 1.61. The van der Waals surface area contributed by atoms with E-state index < -0.39 is 18.3 Å². The third-order valence-electron chi connectivity index (χ3n) is 8.08. The van der Waals surface area contributed by atoms with Crippen LogP contribution in [0.5, 0.6) is 0 Å². The van der Waals surface area contributed by atoms with E-state index in [0.29, 0.717) is 18.8 Å². The Hall–Kier alpha value is -0.420. The summed E-state index contributed by atoms with van der Waals surface area (Å²) in [4.78, 5) is 0. The lowest BCUT2D eigenvalue weighted by molar-refractivity contribution is -0.110. The summed E-state index contributed by atoms with van der Waals surface area (Å²) in [7, 11) is 0. The summed E-state index contributed by atoms with van der Waals surface area (Å²) in [5, 5.41) is 41.6. The Bertz CT molecular complexity index is 531. The van der Waals surface area contributed by atoms with E-state index in [-0.39, 0.29) is 28.8 Å². The Morgan fingerprint density at radius 1 is 1.00 bits per heavy atom. The molecular weight excluding hydrogens is 292 g/mol. The van der Waals surface area contributed by atoms with Crippen LogP contribution in [0, 0.1) is 28.6 Å². The Morgan fingerprint density at radius 2 is 1.74 bits per heavy atom. The van der Waals surface area contributed by atoms with Crippen molar-refractivity contribution < 1.29 is 20.4 Å². The Morgan fingerprint density at radius 3 is 2.48 bits per heavy atom. The van der Waals surface area contributed by atoms with Gasteiger partial charge in [-0.3, -0.25) is 0 Å². The van der Waals surface area contributed by atoms with Crippen LogP contribution in [0.3, 0.4) is 0 Å². The topological polar surface area (TPSA) is 80.9 Å². The lowest BCUT2D eigenvalue weighted by Crippen LogP contribution is -2.55. The van der Waals surface area contributed by atoms with E-state index in [1.807, 2.05) is 6.08 Å². The van der Waals surface area contributed by atoms with Crippen LogP contribution in [0.25, 0.3) is 0 Å². The largest absolute Gasteiger partial charge is 0.393 e. The number of fused-ring (bicyclic) bond motifs is 5. The van der Waals surface area contributed by atoms with Crippen molar-refractivity contribution in [1.82, 2.24) is 0 Å². The zero-order valence-corrected chi connectivity index (χ0v) is 14.2. The highest BCUT2D eigenvalue weighted by Crippen LogP contribution is 2.64. The number of hydrogen-bond acceptors (Lipinski definition) is 4. The molecule has 0 aliphatic heterocycles. The van der Waals surface area contributed by atoms with Gasteiger partial charge in [-0.05, 0) is 67.1 Å². The number of hydrogen-bond donors (Lipinski definition) is 4. The Kier molecular flexibility index (Phi) is 3.52. The molecule has 4 N–H and O–H groups in total. The Labute approximate surface area is 138 Å².